The van der Waals surface area contributed by atoms with Crippen molar-refractivity contribution >= 4 is 11.9 Å². The SMILES string of the molecule is COCCCNC(=O)C(C)N(C)CCC(=O)O. The van der Waals surface area contributed by atoms with E-state index in [0.717, 1.165) is 6.42 Å². The fourth-order valence-electron chi connectivity index (χ4n) is 1.24. The van der Waals surface area contributed by atoms with Gasteiger partial charge in [-0.3, -0.25) is 14.5 Å². The Hall–Kier alpha value is -1.14. The highest BCUT2D eigenvalue weighted by molar-refractivity contribution is 5.81. The number of carboxylic acids is 1. The summed E-state index contributed by atoms with van der Waals surface area (Å²) in [4.78, 5) is 23.8. The van der Waals surface area contributed by atoms with Gasteiger partial charge < -0.3 is 15.2 Å². The Morgan fingerprint density at radius 2 is 2.12 bits per heavy atom. The van der Waals surface area contributed by atoms with Gasteiger partial charge in [-0.2, -0.15) is 0 Å². The van der Waals surface area contributed by atoms with Crippen molar-refractivity contribution in [1.82, 2.24) is 10.2 Å². The Morgan fingerprint density at radius 1 is 1.47 bits per heavy atom. The maximum atomic E-state index is 11.7. The standard InChI is InChI=1S/C11H22N2O4/c1-9(13(2)7-5-10(14)15)11(16)12-6-4-8-17-3/h9H,4-8H2,1-3H3,(H,12,16)(H,14,15). The van der Waals surface area contributed by atoms with Crippen molar-refractivity contribution in [3.05, 3.63) is 0 Å². The second-order valence-electron chi connectivity index (χ2n) is 3.94. The highest BCUT2D eigenvalue weighted by Gasteiger charge is 2.17. The number of ether oxygens (including phenoxy) is 1. The largest absolute Gasteiger partial charge is 0.481 e. The number of hydrogen-bond acceptors (Lipinski definition) is 4. The summed E-state index contributed by atoms with van der Waals surface area (Å²) >= 11 is 0. The number of methoxy groups -OCH3 is 1. The van der Waals surface area contributed by atoms with Gasteiger partial charge in [0.15, 0.2) is 0 Å². The monoisotopic (exact) mass is 246 g/mol. The zero-order valence-corrected chi connectivity index (χ0v) is 10.7. The smallest absolute Gasteiger partial charge is 0.304 e. The fraction of sp³-hybridized carbons (Fsp3) is 0.818. The summed E-state index contributed by atoms with van der Waals surface area (Å²) in [6.07, 6.45) is 0.811. The minimum atomic E-state index is -0.857. The molecule has 6 heteroatoms. The summed E-state index contributed by atoms with van der Waals surface area (Å²) in [5, 5.41) is 11.3. The van der Waals surface area contributed by atoms with Crippen LogP contribution >= 0.6 is 0 Å². The third-order valence-corrected chi connectivity index (χ3v) is 2.54. The molecule has 100 valence electrons. The van der Waals surface area contributed by atoms with E-state index in [1.165, 1.54) is 0 Å². The first-order valence-electron chi connectivity index (χ1n) is 5.67. The number of amides is 1. The molecular weight excluding hydrogens is 224 g/mol. The Kier molecular flexibility index (Phi) is 8.35. The summed E-state index contributed by atoms with van der Waals surface area (Å²) in [6.45, 7) is 3.31. The Bertz CT molecular complexity index is 246. The third kappa shape index (κ3) is 7.70. The number of carboxylic acid groups (broad SMARTS) is 1. The van der Waals surface area contributed by atoms with Crippen LogP contribution in [0.25, 0.3) is 0 Å². The highest BCUT2D eigenvalue weighted by Crippen LogP contribution is 1.97. The Labute approximate surface area is 102 Å². The molecule has 2 N–H and O–H groups in total. The molecular formula is C11H22N2O4. The van der Waals surface area contributed by atoms with E-state index in [1.807, 2.05) is 0 Å². The molecule has 0 bridgehead atoms. The molecule has 0 spiro atoms. The molecule has 0 fully saturated rings. The van der Waals surface area contributed by atoms with E-state index in [9.17, 15) is 9.59 Å². The predicted molar refractivity (Wildman–Crippen MR) is 63.8 cm³/mol. The van der Waals surface area contributed by atoms with E-state index >= 15 is 0 Å². The lowest BCUT2D eigenvalue weighted by Gasteiger charge is -2.23. The molecule has 0 heterocycles. The zero-order valence-electron chi connectivity index (χ0n) is 10.7. The molecule has 0 aliphatic heterocycles. The second kappa shape index (κ2) is 8.95. The molecule has 0 aliphatic rings. The molecule has 0 saturated heterocycles. The number of aliphatic carboxylic acids is 1. The minimum Gasteiger partial charge on any atom is -0.481 e. The van der Waals surface area contributed by atoms with Crippen molar-refractivity contribution in [2.45, 2.75) is 25.8 Å². The van der Waals surface area contributed by atoms with Gasteiger partial charge in [0.2, 0.25) is 5.91 Å². The van der Waals surface area contributed by atoms with Gasteiger partial charge in [0.25, 0.3) is 0 Å². The first kappa shape index (κ1) is 15.9. The summed E-state index contributed by atoms with van der Waals surface area (Å²) in [5.41, 5.74) is 0. The van der Waals surface area contributed by atoms with Crippen molar-refractivity contribution < 1.29 is 19.4 Å². The molecule has 1 atom stereocenters. The van der Waals surface area contributed by atoms with Crippen LogP contribution in [0, 0.1) is 0 Å². The van der Waals surface area contributed by atoms with Gasteiger partial charge in [0.1, 0.15) is 0 Å². The molecule has 0 radical (unpaired) electrons. The van der Waals surface area contributed by atoms with Crippen LogP contribution in [-0.2, 0) is 14.3 Å². The lowest BCUT2D eigenvalue weighted by Crippen LogP contribution is -2.44. The molecule has 0 saturated carbocycles. The molecule has 17 heavy (non-hydrogen) atoms. The Balaban J connectivity index is 3.82. The molecule has 1 unspecified atom stereocenters. The average molecular weight is 246 g/mol. The van der Waals surface area contributed by atoms with E-state index in [1.54, 1.807) is 26.0 Å². The normalized spacial score (nSPS) is 12.5. The van der Waals surface area contributed by atoms with E-state index in [2.05, 4.69) is 5.32 Å². The zero-order chi connectivity index (χ0) is 13.3. The number of likely N-dealkylation sites (N-methyl/N-ethyl adjacent to an activating group) is 1. The summed E-state index contributed by atoms with van der Waals surface area (Å²) in [7, 11) is 3.35. The first-order chi connectivity index (χ1) is 7.99. The van der Waals surface area contributed by atoms with Crippen molar-refractivity contribution in [3.8, 4) is 0 Å². The van der Waals surface area contributed by atoms with Crippen molar-refractivity contribution in [1.29, 1.82) is 0 Å². The molecule has 0 aromatic heterocycles. The van der Waals surface area contributed by atoms with Crippen LogP contribution in [0.3, 0.4) is 0 Å². The molecule has 1 amide bonds. The summed E-state index contributed by atoms with van der Waals surface area (Å²) < 4.78 is 4.87. The van der Waals surface area contributed by atoms with Crippen molar-refractivity contribution in [2.75, 3.05) is 33.9 Å². The lowest BCUT2D eigenvalue weighted by molar-refractivity contribution is -0.138. The number of hydrogen-bond donors (Lipinski definition) is 2. The predicted octanol–water partition coefficient (Wildman–Crippen LogP) is -0.0659. The van der Waals surface area contributed by atoms with Gasteiger partial charge >= 0.3 is 5.97 Å². The molecule has 0 aromatic rings. The molecule has 0 aliphatic carbocycles. The number of carbonyl (C=O) groups is 2. The number of carbonyl (C=O) groups excluding carboxylic acids is 1. The van der Waals surface area contributed by atoms with Gasteiger partial charge in [-0.25, -0.2) is 0 Å². The second-order valence-corrected chi connectivity index (χ2v) is 3.94. The van der Waals surface area contributed by atoms with E-state index < -0.39 is 5.97 Å². The van der Waals surface area contributed by atoms with Crippen LogP contribution in [0.2, 0.25) is 0 Å². The van der Waals surface area contributed by atoms with Crippen LogP contribution in [0.15, 0.2) is 0 Å². The number of nitrogens with one attached hydrogen (secondary N) is 1. The van der Waals surface area contributed by atoms with Gasteiger partial charge in [-0.1, -0.05) is 0 Å². The maximum absolute atomic E-state index is 11.7. The summed E-state index contributed by atoms with van der Waals surface area (Å²) in [6, 6.07) is -0.322. The number of nitrogens with zero attached hydrogens (tertiary/aromatic N) is 1. The van der Waals surface area contributed by atoms with Crippen LogP contribution in [0.4, 0.5) is 0 Å². The maximum Gasteiger partial charge on any atom is 0.304 e. The van der Waals surface area contributed by atoms with Crippen molar-refractivity contribution in [2.24, 2.45) is 0 Å². The summed E-state index contributed by atoms with van der Waals surface area (Å²) in [5.74, 6) is -0.946. The van der Waals surface area contributed by atoms with Crippen LogP contribution < -0.4 is 5.32 Å². The fourth-order valence-corrected chi connectivity index (χ4v) is 1.24. The van der Waals surface area contributed by atoms with E-state index in [4.69, 9.17) is 9.84 Å². The molecule has 0 rings (SSSR count). The van der Waals surface area contributed by atoms with Crippen LogP contribution in [-0.4, -0.2) is 61.8 Å². The van der Waals surface area contributed by atoms with Crippen LogP contribution in [0.5, 0.6) is 0 Å². The van der Waals surface area contributed by atoms with Gasteiger partial charge in [-0.05, 0) is 20.4 Å². The average Bonchev–Trinajstić information content (AvgIpc) is 2.30. The quantitative estimate of drug-likeness (QED) is 0.557. The Morgan fingerprint density at radius 3 is 2.65 bits per heavy atom. The number of rotatable bonds is 9. The third-order valence-electron chi connectivity index (χ3n) is 2.54. The molecule has 0 aromatic carbocycles. The van der Waals surface area contributed by atoms with Crippen molar-refractivity contribution in [3.63, 3.8) is 0 Å². The van der Waals surface area contributed by atoms with Gasteiger partial charge in [0.05, 0.1) is 12.5 Å². The molecule has 6 nitrogen and oxygen atoms in total. The van der Waals surface area contributed by atoms with E-state index in [-0.39, 0.29) is 18.4 Å². The lowest BCUT2D eigenvalue weighted by atomic mass is 10.2. The van der Waals surface area contributed by atoms with E-state index in [0.29, 0.717) is 19.7 Å². The van der Waals surface area contributed by atoms with Gasteiger partial charge in [0, 0.05) is 26.8 Å². The van der Waals surface area contributed by atoms with Gasteiger partial charge in [-0.15, -0.1) is 0 Å². The highest BCUT2D eigenvalue weighted by atomic mass is 16.5. The van der Waals surface area contributed by atoms with Crippen LogP contribution in [0.1, 0.15) is 19.8 Å². The topological polar surface area (TPSA) is 78.9 Å². The minimum absolute atomic E-state index is 0.0395. The first-order valence-corrected chi connectivity index (χ1v) is 5.67.